The second-order valence-electron chi connectivity index (χ2n) is 7.79. The zero-order valence-electron chi connectivity index (χ0n) is 15.9. The number of benzene rings is 2. The minimum absolute atomic E-state index is 0.0522. The van der Waals surface area contributed by atoms with Gasteiger partial charge in [0.2, 0.25) is 15.9 Å². The fourth-order valence-corrected chi connectivity index (χ4v) is 5.68. The van der Waals surface area contributed by atoms with Gasteiger partial charge in [0.1, 0.15) is 0 Å². The van der Waals surface area contributed by atoms with Crippen LogP contribution >= 0.6 is 0 Å². The Morgan fingerprint density at radius 2 is 1.79 bits per heavy atom. The average molecular weight is 399 g/mol. The fraction of sp³-hybridized carbons (Fsp3) is 0.409. The van der Waals surface area contributed by atoms with E-state index in [0.717, 1.165) is 29.7 Å². The number of anilines is 1. The number of carbonyl (C=O) groups is 1. The van der Waals surface area contributed by atoms with Gasteiger partial charge in [-0.25, -0.2) is 8.42 Å². The molecule has 6 heteroatoms. The molecule has 1 saturated carbocycles. The third kappa shape index (κ3) is 4.13. The van der Waals surface area contributed by atoms with E-state index in [1.165, 1.54) is 17.1 Å². The Labute approximate surface area is 166 Å². The second-order valence-corrected chi connectivity index (χ2v) is 9.73. The van der Waals surface area contributed by atoms with Gasteiger partial charge in [-0.3, -0.25) is 4.79 Å². The van der Waals surface area contributed by atoms with Crippen molar-refractivity contribution in [2.24, 2.45) is 5.92 Å². The number of hydrogen-bond acceptors (Lipinski definition) is 3. The molecule has 148 valence electrons. The maximum atomic E-state index is 12.9. The molecule has 0 radical (unpaired) electrons. The van der Waals surface area contributed by atoms with Crippen molar-refractivity contribution in [3.8, 4) is 0 Å². The van der Waals surface area contributed by atoms with Gasteiger partial charge >= 0.3 is 0 Å². The number of nitrogens with one attached hydrogen (secondary N) is 1. The second kappa shape index (κ2) is 8.05. The first kappa shape index (κ1) is 19.2. The number of fused-ring (bicyclic) bond motifs is 1. The number of carbonyl (C=O) groups excluding carboxylic acids is 1. The molecule has 5 nitrogen and oxygen atoms in total. The highest BCUT2D eigenvalue weighted by atomic mass is 32.2. The Morgan fingerprint density at radius 3 is 2.54 bits per heavy atom. The lowest BCUT2D eigenvalue weighted by molar-refractivity contribution is -0.117. The molecule has 0 saturated heterocycles. The molecule has 2 aromatic rings. The van der Waals surface area contributed by atoms with E-state index >= 15 is 0 Å². The molecular weight excluding hydrogens is 372 g/mol. The highest BCUT2D eigenvalue weighted by Gasteiger charge is 2.28. The summed E-state index contributed by atoms with van der Waals surface area (Å²) < 4.78 is 27.3. The number of rotatable bonds is 5. The predicted molar refractivity (Wildman–Crippen MR) is 109 cm³/mol. The molecule has 1 fully saturated rings. The van der Waals surface area contributed by atoms with Gasteiger partial charge in [-0.2, -0.15) is 4.31 Å². The largest absolute Gasteiger partial charge is 0.326 e. The van der Waals surface area contributed by atoms with Gasteiger partial charge in [-0.1, -0.05) is 37.1 Å². The first-order valence-corrected chi connectivity index (χ1v) is 11.4. The molecule has 0 aromatic heterocycles. The molecule has 1 amide bonds. The standard InChI is InChI=1S/C22H26N2O3S/c25-22(14-17-6-4-5-7-17)23-20-11-10-18-12-13-24(16-19(18)15-20)28(26,27)21-8-2-1-3-9-21/h1-3,8-11,15,17H,4-7,12-14,16H2,(H,23,25). The molecule has 4 rings (SSSR count). The maximum absolute atomic E-state index is 12.9. The lowest BCUT2D eigenvalue weighted by Gasteiger charge is -2.28. The molecular formula is C22H26N2O3S. The van der Waals surface area contributed by atoms with Crippen LogP contribution in [0.15, 0.2) is 53.4 Å². The smallest absolute Gasteiger partial charge is 0.243 e. The quantitative estimate of drug-likeness (QED) is 0.829. The third-order valence-corrected chi connectivity index (χ3v) is 7.66. The van der Waals surface area contributed by atoms with E-state index in [9.17, 15) is 13.2 Å². The summed E-state index contributed by atoms with van der Waals surface area (Å²) in [5.41, 5.74) is 2.86. The summed E-state index contributed by atoms with van der Waals surface area (Å²) in [5, 5.41) is 3.00. The van der Waals surface area contributed by atoms with Gasteiger partial charge in [0.15, 0.2) is 0 Å². The van der Waals surface area contributed by atoms with Crippen LogP contribution in [0.5, 0.6) is 0 Å². The van der Waals surface area contributed by atoms with Crippen LogP contribution in [0, 0.1) is 5.92 Å². The highest BCUT2D eigenvalue weighted by molar-refractivity contribution is 7.89. The summed E-state index contributed by atoms with van der Waals surface area (Å²) >= 11 is 0. The van der Waals surface area contributed by atoms with Crippen LogP contribution in [0.1, 0.15) is 43.2 Å². The van der Waals surface area contributed by atoms with E-state index in [1.807, 2.05) is 24.3 Å². The summed E-state index contributed by atoms with van der Waals surface area (Å²) in [4.78, 5) is 12.6. The molecule has 1 aliphatic heterocycles. The van der Waals surface area contributed by atoms with E-state index in [1.54, 1.807) is 24.3 Å². The normalized spacial score (nSPS) is 18.0. The van der Waals surface area contributed by atoms with Crippen molar-refractivity contribution in [2.45, 2.75) is 50.0 Å². The van der Waals surface area contributed by atoms with Gasteiger partial charge in [0.25, 0.3) is 0 Å². The summed E-state index contributed by atoms with van der Waals surface area (Å²) in [6.45, 7) is 0.802. The van der Waals surface area contributed by atoms with Crippen molar-refractivity contribution in [1.82, 2.24) is 4.31 Å². The Morgan fingerprint density at radius 1 is 1.04 bits per heavy atom. The molecule has 0 atom stereocenters. The molecule has 1 N–H and O–H groups in total. The Hall–Kier alpha value is -2.18. The molecule has 28 heavy (non-hydrogen) atoms. The van der Waals surface area contributed by atoms with Gasteiger partial charge in [0, 0.05) is 25.2 Å². The van der Waals surface area contributed by atoms with Gasteiger partial charge < -0.3 is 5.32 Å². The number of sulfonamides is 1. The molecule has 0 unspecified atom stereocenters. The summed E-state index contributed by atoms with van der Waals surface area (Å²) in [5.74, 6) is 0.556. The van der Waals surface area contributed by atoms with Crippen molar-refractivity contribution in [3.05, 3.63) is 59.7 Å². The molecule has 1 heterocycles. The number of hydrogen-bond donors (Lipinski definition) is 1. The molecule has 0 spiro atoms. The van der Waals surface area contributed by atoms with E-state index < -0.39 is 10.0 Å². The lowest BCUT2D eigenvalue weighted by Crippen LogP contribution is -2.36. The van der Waals surface area contributed by atoms with Crippen molar-refractivity contribution in [2.75, 3.05) is 11.9 Å². The van der Waals surface area contributed by atoms with Crippen molar-refractivity contribution in [1.29, 1.82) is 0 Å². The van der Waals surface area contributed by atoms with Crippen LogP contribution in [0.3, 0.4) is 0 Å². The lowest BCUT2D eigenvalue weighted by atomic mass is 10.00. The zero-order valence-corrected chi connectivity index (χ0v) is 16.7. The Kier molecular flexibility index (Phi) is 5.51. The first-order chi connectivity index (χ1) is 13.5. The number of nitrogens with zero attached hydrogens (tertiary/aromatic N) is 1. The van der Waals surface area contributed by atoms with E-state index in [2.05, 4.69) is 5.32 Å². The Bertz CT molecular complexity index is 951. The summed E-state index contributed by atoms with van der Waals surface area (Å²) in [6.07, 6.45) is 5.99. The van der Waals surface area contributed by atoms with Crippen LogP contribution in [0.4, 0.5) is 5.69 Å². The van der Waals surface area contributed by atoms with Crippen LogP contribution in [-0.4, -0.2) is 25.2 Å². The van der Waals surface area contributed by atoms with Gasteiger partial charge in [-0.05, 0) is 60.6 Å². The molecule has 1 aliphatic carbocycles. The molecule has 0 bridgehead atoms. The van der Waals surface area contributed by atoms with Gasteiger partial charge in [-0.15, -0.1) is 0 Å². The van der Waals surface area contributed by atoms with Gasteiger partial charge in [0.05, 0.1) is 4.90 Å². The minimum Gasteiger partial charge on any atom is -0.326 e. The minimum atomic E-state index is -3.51. The highest BCUT2D eigenvalue weighted by Crippen LogP contribution is 2.29. The van der Waals surface area contributed by atoms with Crippen molar-refractivity contribution in [3.63, 3.8) is 0 Å². The molecule has 2 aliphatic rings. The summed E-state index contributed by atoms with van der Waals surface area (Å²) in [6, 6.07) is 14.4. The van der Waals surface area contributed by atoms with E-state index in [4.69, 9.17) is 0 Å². The van der Waals surface area contributed by atoms with E-state index in [0.29, 0.717) is 36.7 Å². The first-order valence-electron chi connectivity index (χ1n) is 9.99. The maximum Gasteiger partial charge on any atom is 0.243 e. The predicted octanol–water partition coefficient (Wildman–Crippen LogP) is 3.95. The Balaban J connectivity index is 1.47. The van der Waals surface area contributed by atoms with E-state index in [-0.39, 0.29) is 5.91 Å². The SMILES string of the molecule is O=C(CC1CCCC1)Nc1ccc2c(c1)CN(S(=O)(=O)c1ccccc1)CC2. The van der Waals surface area contributed by atoms with Crippen molar-refractivity contribution >= 4 is 21.6 Å². The zero-order chi connectivity index (χ0) is 19.6. The fourth-order valence-electron chi connectivity index (χ4n) is 4.24. The summed E-state index contributed by atoms with van der Waals surface area (Å²) in [7, 11) is -3.51. The average Bonchev–Trinajstić information content (AvgIpc) is 3.21. The number of amides is 1. The molecule has 2 aromatic carbocycles. The topological polar surface area (TPSA) is 66.5 Å². The third-order valence-electron chi connectivity index (χ3n) is 5.80. The van der Waals surface area contributed by atoms with Crippen LogP contribution in [-0.2, 0) is 27.8 Å². The monoisotopic (exact) mass is 398 g/mol. The van der Waals surface area contributed by atoms with Crippen LogP contribution < -0.4 is 5.32 Å². The van der Waals surface area contributed by atoms with Crippen LogP contribution in [0.2, 0.25) is 0 Å². The van der Waals surface area contributed by atoms with Crippen molar-refractivity contribution < 1.29 is 13.2 Å². The van der Waals surface area contributed by atoms with Crippen LogP contribution in [0.25, 0.3) is 0 Å².